The van der Waals surface area contributed by atoms with Gasteiger partial charge >= 0.3 is 6.18 Å². The minimum atomic E-state index is -4.43. The van der Waals surface area contributed by atoms with E-state index in [1.54, 1.807) is 4.90 Å². The molecule has 0 spiro atoms. The number of alkyl halides is 3. The molecule has 0 N–H and O–H groups in total. The van der Waals surface area contributed by atoms with Crippen LogP contribution in [0.5, 0.6) is 0 Å². The Morgan fingerprint density at radius 3 is 1.88 bits per heavy atom. The molecule has 0 bridgehead atoms. The molecule has 0 amide bonds. The maximum absolute atomic E-state index is 12.4. The highest BCUT2D eigenvalue weighted by Gasteiger charge is 2.41. The van der Waals surface area contributed by atoms with Gasteiger partial charge in [0.15, 0.2) is 5.92 Å². The van der Waals surface area contributed by atoms with E-state index in [9.17, 15) is 13.2 Å². The number of halogens is 3. The average Bonchev–Trinajstić information content (AvgIpc) is 2.08. The fourth-order valence-corrected chi connectivity index (χ4v) is 1.42. The molecule has 0 aromatic heterocycles. The van der Waals surface area contributed by atoms with Gasteiger partial charge in [-0.2, -0.15) is 18.4 Å². The summed E-state index contributed by atoms with van der Waals surface area (Å²) in [6.45, 7) is 7.91. The lowest BCUT2D eigenvalue weighted by atomic mass is 10.1. The van der Waals surface area contributed by atoms with Crippen LogP contribution in [0.1, 0.15) is 27.7 Å². The van der Waals surface area contributed by atoms with Crippen LogP contribution in [-0.4, -0.2) is 30.2 Å². The van der Waals surface area contributed by atoms with Crippen molar-refractivity contribution in [3.8, 4) is 6.07 Å². The van der Waals surface area contributed by atoms with Crippen molar-refractivity contribution in [3.05, 3.63) is 0 Å². The lowest BCUT2D eigenvalue weighted by Crippen LogP contribution is -2.41. The van der Waals surface area contributed by atoms with E-state index in [2.05, 4.69) is 0 Å². The Morgan fingerprint density at radius 2 is 1.62 bits per heavy atom. The number of hydrogen-bond acceptors (Lipinski definition) is 2. The van der Waals surface area contributed by atoms with Crippen LogP contribution in [-0.2, 0) is 0 Å². The largest absolute Gasteiger partial charge is 0.405 e. The van der Waals surface area contributed by atoms with Gasteiger partial charge in [0.1, 0.15) is 0 Å². The molecule has 0 aliphatic heterocycles. The van der Waals surface area contributed by atoms with E-state index in [-0.39, 0.29) is 18.5 Å². The van der Waals surface area contributed by atoms with Gasteiger partial charge in [0, 0.05) is 19.1 Å². The van der Waals surface area contributed by atoms with Gasteiger partial charge in [-0.05, 0) is 19.8 Å². The van der Waals surface area contributed by atoms with Crippen molar-refractivity contribution in [2.45, 2.75) is 39.9 Å². The number of nitriles is 1. The summed E-state index contributed by atoms with van der Waals surface area (Å²) in [5.41, 5.74) is 0. The van der Waals surface area contributed by atoms with Crippen molar-refractivity contribution < 1.29 is 13.2 Å². The maximum Gasteiger partial charge on any atom is 0.405 e. The summed E-state index contributed by atoms with van der Waals surface area (Å²) in [7, 11) is 0. The summed E-state index contributed by atoms with van der Waals surface area (Å²) >= 11 is 0. The zero-order chi connectivity index (χ0) is 12.9. The lowest BCUT2D eigenvalue weighted by Gasteiger charge is -2.30. The van der Waals surface area contributed by atoms with Gasteiger partial charge in [-0.25, -0.2) is 0 Å². The Balaban J connectivity index is 4.55. The number of rotatable bonds is 5. The highest BCUT2D eigenvalue weighted by Crippen LogP contribution is 2.27. The molecule has 0 heterocycles. The fraction of sp³-hybridized carbons (Fsp3) is 0.909. The predicted molar refractivity (Wildman–Crippen MR) is 56.7 cm³/mol. The van der Waals surface area contributed by atoms with Crippen LogP contribution in [0.25, 0.3) is 0 Å². The zero-order valence-electron chi connectivity index (χ0n) is 10.2. The van der Waals surface area contributed by atoms with Crippen molar-refractivity contribution in [1.82, 2.24) is 4.90 Å². The molecule has 1 unspecified atom stereocenters. The molecule has 0 aromatic rings. The molecule has 0 aliphatic carbocycles. The van der Waals surface area contributed by atoms with Crippen LogP contribution in [0.2, 0.25) is 0 Å². The van der Waals surface area contributed by atoms with Crippen LogP contribution in [0, 0.1) is 23.2 Å². The van der Waals surface area contributed by atoms with E-state index in [1.807, 2.05) is 27.7 Å². The van der Waals surface area contributed by atoms with E-state index < -0.39 is 12.1 Å². The van der Waals surface area contributed by atoms with Gasteiger partial charge in [0.25, 0.3) is 0 Å². The summed E-state index contributed by atoms with van der Waals surface area (Å²) in [5, 5.41) is 8.53. The SMILES string of the molecule is CC(C)CN(CC(C#N)C(F)(F)F)C(C)C. The van der Waals surface area contributed by atoms with Crippen LogP contribution >= 0.6 is 0 Å². The minimum absolute atomic E-state index is 0.0144. The second kappa shape index (κ2) is 6.09. The molecule has 0 saturated heterocycles. The molecule has 0 aliphatic rings. The summed E-state index contributed by atoms with van der Waals surface area (Å²) in [4.78, 5) is 1.70. The first-order valence-electron chi connectivity index (χ1n) is 5.38. The zero-order valence-corrected chi connectivity index (χ0v) is 10.2. The molecular weight excluding hydrogens is 217 g/mol. The monoisotopic (exact) mass is 236 g/mol. The van der Waals surface area contributed by atoms with Crippen molar-refractivity contribution >= 4 is 0 Å². The van der Waals surface area contributed by atoms with Gasteiger partial charge in [-0.3, -0.25) is 4.90 Å². The Hall–Kier alpha value is -0.760. The predicted octanol–water partition coefficient (Wildman–Crippen LogP) is 3.05. The van der Waals surface area contributed by atoms with Crippen molar-refractivity contribution in [1.29, 1.82) is 5.26 Å². The Kier molecular flexibility index (Phi) is 5.80. The molecule has 0 saturated carbocycles. The third-order valence-electron chi connectivity index (χ3n) is 2.30. The van der Waals surface area contributed by atoms with E-state index in [1.165, 1.54) is 6.07 Å². The van der Waals surface area contributed by atoms with Crippen LogP contribution in [0.15, 0.2) is 0 Å². The highest BCUT2D eigenvalue weighted by atomic mass is 19.4. The third kappa shape index (κ3) is 5.36. The Bertz CT molecular complexity index is 241. The normalized spacial score (nSPS) is 14.6. The number of hydrogen-bond donors (Lipinski definition) is 0. The van der Waals surface area contributed by atoms with Gasteiger partial charge < -0.3 is 0 Å². The smallest absolute Gasteiger partial charge is 0.299 e. The Morgan fingerprint density at radius 1 is 1.12 bits per heavy atom. The van der Waals surface area contributed by atoms with Crippen LogP contribution < -0.4 is 0 Å². The summed E-state index contributed by atoms with van der Waals surface area (Å²) in [6, 6.07) is 1.35. The molecule has 16 heavy (non-hydrogen) atoms. The van der Waals surface area contributed by atoms with Gasteiger partial charge in [0.2, 0.25) is 0 Å². The first-order valence-corrected chi connectivity index (χ1v) is 5.38. The van der Waals surface area contributed by atoms with Crippen LogP contribution in [0.4, 0.5) is 13.2 Å². The van der Waals surface area contributed by atoms with Gasteiger partial charge in [-0.1, -0.05) is 13.8 Å². The van der Waals surface area contributed by atoms with Crippen molar-refractivity contribution in [2.24, 2.45) is 11.8 Å². The van der Waals surface area contributed by atoms with E-state index in [4.69, 9.17) is 5.26 Å². The van der Waals surface area contributed by atoms with E-state index >= 15 is 0 Å². The second-order valence-electron chi connectivity index (χ2n) is 4.66. The number of nitrogens with zero attached hydrogens (tertiary/aromatic N) is 2. The van der Waals surface area contributed by atoms with Crippen molar-refractivity contribution in [2.75, 3.05) is 13.1 Å². The minimum Gasteiger partial charge on any atom is -0.299 e. The van der Waals surface area contributed by atoms with Crippen molar-refractivity contribution in [3.63, 3.8) is 0 Å². The molecular formula is C11H19F3N2. The quantitative estimate of drug-likeness (QED) is 0.733. The third-order valence-corrected chi connectivity index (χ3v) is 2.30. The maximum atomic E-state index is 12.4. The standard InChI is InChI=1S/C11H19F3N2/c1-8(2)6-16(9(3)4)7-10(5-15)11(12,13)14/h8-10H,6-7H2,1-4H3. The van der Waals surface area contributed by atoms with Gasteiger partial charge in [-0.15, -0.1) is 0 Å². The summed E-state index contributed by atoms with van der Waals surface area (Å²) < 4.78 is 37.3. The fourth-order valence-electron chi connectivity index (χ4n) is 1.42. The molecule has 0 aromatic carbocycles. The highest BCUT2D eigenvalue weighted by molar-refractivity contribution is 4.91. The molecule has 1 atom stereocenters. The first-order chi connectivity index (χ1) is 7.18. The molecule has 0 fully saturated rings. The average molecular weight is 236 g/mol. The summed E-state index contributed by atoms with van der Waals surface area (Å²) in [6.07, 6.45) is -4.43. The molecule has 94 valence electrons. The molecule has 0 radical (unpaired) electrons. The van der Waals surface area contributed by atoms with E-state index in [0.29, 0.717) is 6.54 Å². The lowest BCUT2D eigenvalue weighted by molar-refractivity contribution is -0.164. The van der Waals surface area contributed by atoms with Gasteiger partial charge in [0.05, 0.1) is 6.07 Å². The molecule has 2 nitrogen and oxygen atoms in total. The van der Waals surface area contributed by atoms with Crippen LogP contribution in [0.3, 0.4) is 0 Å². The molecule has 5 heteroatoms. The molecule has 0 rings (SSSR count). The topological polar surface area (TPSA) is 27.0 Å². The second-order valence-corrected chi connectivity index (χ2v) is 4.66. The Labute approximate surface area is 95.0 Å². The first kappa shape index (κ1) is 15.2. The summed E-state index contributed by atoms with van der Waals surface area (Å²) in [5.74, 6) is -1.61. The van der Waals surface area contributed by atoms with E-state index in [0.717, 1.165) is 0 Å².